The lowest BCUT2D eigenvalue weighted by molar-refractivity contribution is 0.318. The molecule has 5 heteroatoms. The first-order valence-electron chi connectivity index (χ1n) is 3.09. The second-order valence-electron chi connectivity index (χ2n) is 2.00. The van der Waals surface area contributed by atoms with Crippen molar-refractivity contribution in [1.82, 2.24) is 4.98 Å². The molecule has 0 fully saturated rings. The van der Waals surface area contributed by atoms with E-state index in [1.165, 1.54) is 12.3 Å². The van der Waals surface area contributed by atoms with Gasteiger partial charge >= 0.3 is 0 Å². The highest BCUT2D eigenvalue weighted by Crippen LogP contribution is 2.08. The average Bonchev–Trinajstić information content (AvgIpc) is 2.17. The van der Waals surface area contributed by atoms with Crippen molar-refractivity contribution in [1.29, 1.82) is 0 Å². The summed E-state index contributed by atoms with van der Waals surface area (Å²) in [5.74, 6) is -0.0634. The van der Waals surface area contributed by atoms with Gasteiger partial charge in [0.2, 0.25) is 5.69 Å². The van der Waals surface area contributed by atoms with Gasteiger partial charge in [0.1, 0.15) is 5.69 Å². The summed E-state index contributed by atoms with van der Waals surface area (Å²) < 4.78 is 0. The molecule has 12 heavy (non-hydrogen) atoms. The summed E-state index contributed by atoms with van der Waals surface area (Å²) in [5, 5.41) is 11.0. The first-order chi connectivity index (χ1) is 5.77. The first-order valence-corrected chi connectivity index (χ1v) is 3.09. The van der Waals surface area contributed by atoms with Gasteiger partial charge in [0.15, 0.2) is 5.84 Å². The zero-order valence-corrected chi connectivity index (χ0v) is 6.10. The predicted octanol–water partition coefficient (Wildman–Crippen LogP) is 0.727. The summed E-state index contributed by atoms with van der Waals surface area (Å²) in [6.45, 7) is 6.64. The molecule has 0 aliphatic heterocycles. The smallest absolute Gasteiger partial charge is 0.205 e. The van der Waals surface area contributed by atoms with Gasteiger partial charge in [0, 0.05) is 6.20 Å². The topological polar surface area (TPSA) is 75.9 Å². The highest BCUT2D eigenvalue weighted by molar-refractivity contribution is 5.95. The fraction of sp³-hybridized carbons (Fsp3) is 0. The van der Waals surface area contributed by atoms with Crippen LogP contribution in [0.5, 0.6) is 0 Å². The van der Waals surface area contributed by atoms with Crippen molar-refractivity contribution in [2.45, 2.75) is 0 Å². The largest absolute Gasteiger partial charge is 0.409 e. The van der Waals surface area contributed by atoms with E-state index in [1.807, 2.05) is 0 Å². The third-order valence-electron chi connectivity index (χ3n) is 1.25. The van der Waals surface area contributed by atoms with Gasteiger partial charge in [-0.1, -0.05) is 11.2 Å². The standard InChI is InChI=1S/C7H6N4O/c1-9-5-2-3-6(10-4-5)7(8)11-12/h2-4,12H,(H2,8,11). The lowest BCUT2D eigenvalue weighted by Crippen LogP contribution is -2.14. The van der Waals surface area contributed by atoms with Crippen molar-refractivity contribution in [2.24, 2.45) is 10.9 Å². The van der Waals surface area contributed by atoms with Gasteiger partial charge in [-0.2, -0.15) is 0 Å². The average molecular weight is 162 g/mol. The number of oxime groups is 1. The Morgan fingerprint density at radius 3 is 2.83 bits per heavy atom. The SMILES string of the molecule is [C-]#[N+]c1ccc(C(N)=NO)nc1. The van der Waals surface area contributed by atoms with Crippen LogP contribution in [0, 0.1) is 6.57 Å². The summed E-state index contributed by atoms with van der Waals surface area (Å²) >= 11 is 0. The number of amidine groups is 1. The lowest BCUT2D eigenvalue weighted by atomic mass is 10.3. The first kappa shape index (κ1) is 8.01. The summed E-state index contributed by atoms with van der Waals surface area (Å²) in [6.07, 6.45) is 1.36. The van der Waals surface area contributed by atoms with Crippen LogP contribution in [-0.4, -0.2) is 16.0 Å². The van der Waals surface area contributed by atoms with Crippen molar-refractivity contribution in [3.63, 3.8) is 0 Å². The van der Waals surface area contributed by atoms with Gasteiger partial charge in [-0.3, -0.25) is 4.98 Å². The summed E-state index contributed by atoms with van der Waals surface area (Å²) in [7, 11) is 0. The van der Waals surface area contributed by atoms with Crippen LogP contribution in [0.3, 0.4) is 0 Å². The van der Waals surface area contributed by atoms with Gasteiger partial charge in [0.25, 0.3) is 0 Å². The number of pyridine rings is 1. The maximum atomic E-state index is 8.28. The molecule has 1 aromatic heterocycles. The molecular weight excluding hydrogens is 156 g/mol. The maximum absolute atomic E-state index is 8.28. The Bertz CT molecular complexity index is 335. The van der Waals surface area contributed by atoms with E-state index in [2.05, 4.69) is 15.0 Å². The van der Waals surface area contributed by atoms with Gasteiger partial charge in [0.05, 0.1) is 6.57 Å². The molecule has 0 saturated carbocycles. The van der Waals surface area contributed by atoms with E-state index in [9.17, 15) is 0 Å². The van der Waals surface area contributed by atoms with E-state index in [1.54, 1.807) is 6.07 Å². The van der Waals surface area contributed by atoms with E-state index in [0.29, 0.717) is 11.4 Å². The van der Waals surface area contributed by atoms with E-state index >= 15 is 0 Å². The van der Waals surface area contributed by atoms with Gasteiger partial charge < -0.3 is 10.9 Å². The van der Waals surface area contributed by atoms with Crippen LogP contribution in [0.2, 0.25) is 0 Å². The van der Waals surface area contributed by atoms with Crippen molar-refractivity contribution in [3.05, 3.63) is 35.4 Å². The molecule has 0 amide bonds. The molecule has 0 atom stereocenters. The third-order valence-corrected chi connectivity index (χ3v) is 1.25. The number of aromatic nitrogens is 1. The van der Waals surface area contributed by atoms with Crippen LogP contribution in [0.1, 0.15) is 5.69 Å². The second kappa shape index (κ2) is 3.34. The van der Waals surface area contributed by atoms with Crippen LogP contribution in [0.4, 0.5) is 5.69 Å². The third kappa shape index (κ3) is 1.49. The van der Waals surface area contributed by atoms with Crippen molar-refractivity contribution >= 4 is 11.5 Å². The van der Waals surface area contributed by atoms with Crippen LogP contribution in [0.15, 0.2) is 23.5 Å². The monoisotopic (exact) mass is 162 g/mol. The van der Waals surface area contributed by atoms with Gasteiger partial charge in [-0.05, 0) is 6.07 Å². The minimum atomic E-state index is -0.0634. The number of rotatable bonds is 1. The molecule has 0 spiro atoms. The predicted molar refractivity (Wildman–Crippen MR) is 43.0 cm³/mol. The fourth-order valence-electron chi connectivity index (χ4n) is 0.655. The molecule has 5 nitrogen and oxygen atoms in total. The fourth-order valence-corrected chi connectivity index (χ4v) is 0.655. The minimum absolute atomic E-state index is 0.0634. The number of hydrogen-bond donors (Lipinski definition) is 2. The number of hydrogen-bond acceptors (Lipinski definition) is 3. The van der Waals surface area contributed by atoms with Crippen molar-refractivity contribution in [2.75, 3.05) is 0 Å². The molecule has 0 aliphatic carbocycles. The Kier molecular flexibility index (Phi) is 2.23. The van der Waals surface area contributed by atoms with E-state index in [-0.39, 0.29) is 5.84 Å². The van der Waals surface area contributed by atoms with Crippen LogP contribution < -0.4 is 5.73 Å². The molecule has 0 aliphatic rings. The Balaban J connectivity index is 3.02. The summed E-state index contributed by atoms with van der Waals surface area (Å²) in [4.78, 5) is 6.93. The number of nitrogens with two attached hydrogens (primary N) is 1. The lowest BCUT2D eigenvalue weighted by Gasteiger charge is -1.95. The van der Waals surface area contributed by atoms with Gasteiger partial charge in [-0.15, -0.1) is 0 Å². The normalized spacial score (nSPS) is 10.8. The maximum Gasteiger partial charge on any atom is 0.205 e. The van der Waals surface area contributed by atoms with Crippen LogP contribution in [-0.2, 0) is 0 Å². The molecule has 3 N–H and O–H groups in total. The molecule has 1 heterocycles. The highest BCUT2D eigenvalue weighted by Gasteiger charge is 1.99. The minimum Gasteiger partial charge on any atom is -0.409 e. The van der Waals surface area contributed by atoms with Crippen LogP contribution >= 0.6 is 0 Å². The molecule has 60 valence electrons. The second-order valence-corrected chi connectivity index (χ2v) is 2.00. The van der Waals surface area contributed by atoms with E-state index in [4.69, 9.17) is 17.5 Å². The zero-order valence-electron chi connectivity index (χ0n) is 6.10. The Hall–Kier alpha value is -2.09. The van der Waals surface area contributed by atoms with Crippen molar-refractivity contribution in [3.8, 4) is 0 Å². The Morgan fingerprint density at radius 2 is 2.42 bits per heavy atom. The quantitative estimate of drug-likeness (QED) is 0.210. The molecule has 0 aromatic carbocycles. The van der Waals surface area contributed by atoms with Crippen molar-refractivity contribution < 1.29 is 5.21 Å². The van der Waals surface area contributed by atoms with Crippen LogP contribution in [0.25, 0.3) is 4.85 Å². The highest BCUT2D eigenvalue weighted by atomic mass is 16.4. The summed E-state index contributed by atoms with van der Waals surface area (Å²) in [5.41, 5.74) is 6.02. The van der Waals surface area contributed by atoms with E-state index < -0.39 is 0 Å². The molecule has 0 radical (unpaired) electrons. The zero-order chi connectivity index (χ0) is 8.97. The Morgan fingerprint density at radius 1 is 1.67 bits per heavy atom. The molecule has 0 unspecified atom stereocenters. The Labute approximate surface area is 69.0 Å². The molecule has 0 saturated heterocycles. The molecule has 1 aromatic rings. The van der Waals surface area contributed by atoms with Gasteiger partial charge in [-0.25, -0.2) is 4.85 Å². The molecule has 1 rings (SSSR count). The number of nitrogens with zero attached hydrogens (tertiary/aromatic N) is 3. The van der Waals surface area contributed by atoms with E-state index in [0.717, 1.165) is 0 Å². The molecular formula is C7H6N4O. The molecule has 0 bridgehead atoms. The summed E-state index contributed by atoms with van der Waals surface area (Å²) in [6, 6.07) is 3.07.